The van der Waals surface area contributed by atoms with Crippen LogP contribution in [0, 0.1) is 0 Å². The summed E-state index contributed by atoms with van der Waals surface area (Å²) in [5.74, 6) is 1.05. The lowest BCUT2D eigenvalue weighted by atomic mass is 9.95. The van der Waals surface area contributed by atoms with Gasteiger partial charge in [-0.05, 0) is 34.9 Å². The number of allylic oxidation sites excluding steroid dienone is 1. The Labute approximate surface area is 147 Å². The van der Waals surface area contributed by atoms with Crippen molar-refractivity contribution in [3.05, 3.63) is 96.6 Å². The monoisotopic (exact) mass is 329 g/mol. The Kier molecular flexibility index (Phi) is 4.21. The van der Waals surface area contributed by atoms with E-state index in [9.17, 15) is 4.79 Å². The van der Waals surface area contributed by atoms with Crippen LogP contribution in [0.3, 0.4) is 0 Å². The molecule has 0 saturated carbocycles. The molecule has 1 aliphatic heterocycles. The van der Waals surface area contributed by atoms with Crippen LogP contribution in [-0.2, 0) is 11.3 Å². The fourth-order valence-corrected chi connectivity index (χ4v) is 3.24. The van der Waals surface area contributed by atoms with Crippen LogP contribution in [0.2, 0.25) is 0 Å². The third kappa shape index (κ3) is 3.41. The van der Waals surface area contributed by atoms with Gasteiger partial charge in [-0.15, -0.1) is 0 Å². The van der Waals surface area contributed by atoms with Gasteiger partial charge in [-0.2, -0.15) is 0 Å². The number of benzene rings is 2. The minimum absolute atomic E-state index is 0.0347. The van der Waals surface area contributed by atoms with Gasteiger partial charge in [0.1, 0.15) is 5.76 Å². The summed E-state index contributed by atoms with van der Waals surface area (Å²) in [5, 5.41) is 0. The van der Waals surface area contributed by atoms with Crippen LogP contribution < -0.4 is 0 Å². The molecule has 0 aliphatic carbocycles. The quantitative estimate of drug-likeness (QED) is 0.677. The maximum atomic E-state index is 11.9. The van der Waals surface area contributed by atoms with Crippen molar-refractivity contribution in [3.63, 3.8) is 0 Å². The predicted octanol–water partition coefficient (Wildman–Crippen LogP) is 4.98. The van der Waals surface area contributed by atoms with Gasteiger partial charge >= 0.3 is 0 Å². The van der Waals surface area contributed by atoms with Gasteiger partial charge in [0, 0.05) is 12.6 Å². The third-order valence-electron chi connectivity index (χ3n) is 4.57. The average Bonchev–Trinajstić information content (AvgIpc) is 3.17. The zero-order valence-electron chi connectivity index (χ0n) is 13.8. The van der Waals surface area contributed by atoms with Crippen LogP contribution in [0.25, 0.3) is 11.1 Å². The van der Waals surface area contributed by atoms with Gasteiger partial charge in [0.05, 0.1) is 18.8 Å². The van der Waals surface area contributed by atoms with Gasteiger partial charge in [-0.25, -0.2) is 0 Å². The predicted molar refractivity (Wildman–Crippen MR) is 97.6 cm³/mol. The minimum atomic E-state index is 0.0347. The van der Waals surface area contributed by atoms with E-state index in [-0.39, 0.29) is 11.8 Å². The molecule has 0 fully saturated rings. The molecule has 3 heteroatoms. The van der Waals surface area contributed by atoms with Crippen LogP contribution in [0.15, 0.2) is 89.7 Å². The van der Waals surface area contributed by atoms with E-state index >= 15 is 0 Å². The standard InChI is InChI=1S/C22H19NO2/c24-20-12-13-23(16-21-7-4-14-25-21)22(15-20)19-10-8-18(9-11-19)17-5-2-1-3-6-17/h1-14,22H,15-16H2. The molecule has 1 atom stereocenters. The zero-order chi connectivity index (χ0) is 17.1. The van der Waals surface area contributed by atoms with Crippen LogP contribution in [0.4, 0.5) is 0 Å². The molecule has 25 heavy (non-hydrogen) atoms. The molecule has 0 amide bonds. The Morgan fingerprint density at radius 3 is 2.40 bits per heavy atom. The molecule has 3 aromatic rings. The number of nitrogens with zero attached hydrogens (tertiary/aromatic N) is 1. The van der Waals surface area contributed by atoms with E-state index in [1.807, 2.05) is 36.5 Å². The highest BCUT2D eigenvalue weighted by molar-refractivity contribution is 5.91. The first kappa shape index (κ1) is 15.5. The number of rotatable bonds is 4. The Hall–Kier alpha value is -3.07. The normalized spacial score (nSPS) is 17.0. The fraction of sp³-hybridized carbons (Fsp3) is 0.136. The topological polar surface area (TPSA) is 33.5 Å². The molecule has 2 aromatic carbocycles. The summed E-state index contributed by atoms with van der Waals surface area (Å²) in [6.07, 6.45) is 5.70. The largest absolute Gasteiger partial charge is 0.467 e. The Morgan fingerprint density at radius 2 is 1.68 bits per heavy atom. The summed E-state index contributed by atoms with van der Waals surface area (Å²) >= 11 is 0. The van der Waals surface area contributed by atoms with Gasteiger partial charge in [-0.3, -0.25) is 4.79 Å². The van der Waals surface area contributed by atoms with Crippen molar-refractivity contribution >= 4 is 5.78 Å². The number of hydrogen-bond acceptors (Lipinski definition) is 3. The van der Waals surface area contributed by atoms with Crippen LogP contribution >= 0.6 is 0 Å². The second-order valence-electron chi connectivity index (χ2n) is 6.24. The highest BCUT2D eigenvalue weighted by Gasteiger charge is 2.24. The molecule has 0 bridgehead atoms. The van der Waals surface area contributed by atoms with Crippen molar-refractivity contribution in [2.75, 3.05) is 0 Å². The van der Waals surface area contributed by atoms with Crippen LogP contribution in [0.5, 0.6) is 0 Å². The van der Waals surface area contributed by atoms with Gasteiger partial charge in [0.2, 0.25) is 0 Å². The molecule has 0 saturated heterocycles. The third-order valence-corrected chi connectivity index (χ3v) is 4.57. The SMILES string of the molecule is O=C1C=CN(Cc2ccco2)C(c2ccc(-c3ccccc3)cc2)C1. The minimum Gasteiger partial charge on any atom is -0.467 e. The van der Waals surface area contributed by atoms with Crippen molar-refractivity contribution in [3.8, 4) is 11.1 Å². The van der Waals surface area contributed by atoms with Crippen LogP contribution in [-0.4, -0.2) is 10.7 Å². The molecule has 0 N–H and O–H groups in total. The first-order valence-electron chi connectivity index (χ1n) is 8.44. The Bertz CT molecular complexity index is 864. The maximum Gasteiger partial charge on any atom is 0.159 e. The molecule has 3 nitrogen and oxygen atoms in total. The lowest BCUT2D eigenvalue weighted by Gasteiger charge is -2.32. The smallest absolute Gasteiger partial charge is 0.159 e. The molecule has 124 valence electrons. The summed E-state index contributed by atoms with van der Waals surface area (Å²) in [6, 6.07) is 22.7. The van der Waals surface area contributed by atoms with E-state index in [2.05, 4.69) is 41.3 Å². The number of hydrogen-bond donors (Lipinski definition) is 0. The van der Waals surface area contributed by atoms with Crippen LogP contribution in [0.1, 0.15) is 23.8 Å². The van der Waals surface area contributed by atoms with Crippen molar-refractivity contribution in [1.29, 1.82) is 0 Å². The fourth-order valence-electron chi connectivity index (χ4n) is 3.24. The number of carbonyl (C=O) groups excluding carboxylic acids is 1. The molecule has 4 rings (SSSR count). The summed E-state index contributed by atoms with van der Waals surface area (Å²) in [4.78, 5) is 14.1. The van der Waals surface area contributed by atoms with E-state index in [1.165, 1.54) is 11.1 Å². The Morgan fingerprint density at radius 1 is 0.920 bits per heavy atom. The van der Waals surface area contributed by atoms with E-state index in [1.54, 1.807) is 12.3 Å². The first-order chi connectivity index (χ1) is 12.3. The molecule has 2 heterocycles. The van der Waals surface area contributed by atoms with Gasteiger partial charge in [-0.1, -0.05) is 54.6 Å². The average molecular weight is 329 g/mol. The second kappa shape index (κ2) is 6.81. The zero-order valence-corrected chi connectivity index (χ0v) is 13.8. The molecular weight excluding hydrogens is 310 g/mol. The van der Waals surface area contributed by atoms with Crippen molar-refractivity contribution in [1.82, 2.24) is 4.90 Å². The molecule has 1 aliphatic rings. The van der Waals surface area contributed by atoms with Gasteiger partial charge in [0.15, 0.2) is 5.78 Å². The highest BCUT2D eigenvalue weighted by atomic mass is 16.3. The first-order valence-corrected chi connectivity index (χ1v) is 8.44. The van der Waals surface area contributed by atoms with Crippen molar-refractivity contribution in [2.45, 2.75) is 19.0 Å². The van der Waals surface area contributed by atoms with E-state index < -0.39 is 0 Å². The number of furan rings is 1. The van der Waals surface area contributed by atoms with E-state index in [4.69, 9.17) is 4.42 Å². The lowest BCUT2D eigenvalue weighted by Crippen LogP contribution is -2.28. The molecule has 0 spiro atoms. The summed E-state index contributed by atoms with van der Waals surface area (Å²) in [6.45, 7) is 0.655. The van der Waals surface area contributed by atoms with Crippen molar-refractivity contribution in [2.24, 2.45) is 0 Å². The number of carbonyl (C=O) groups is 1. The summed E-state index contributed by atoms with van der Waals surface area (Å²) in [5.41, 5.74) is 3.52. The molecule has 1 aromatic heterocycles. The summed E-state index contributed by atoms with van der Waals surface area (Å²) < 4.78 is 5.46. The Balaban J connectivity index is 1.59. The summed E-state index contributed by atoms with van der Waals surface area (Å²) in [7, 11) is 0. The number of ketones is 1. The molecule has 1 unspecified atom stereocenters. The highest BCUT2D eigenvalue weighted by Crippen LogP contribution is 2.31. The second-order valence-corrected chi connectivity index (χ2v) is 6.24. The van der Waals surface area contributed by atoms with E-state index in [0.717, 1.165) is 11.3 Å². The maximum absolute atomic E-state index is 11.9. The van der Waals surface area contributed by atoms with Gasteiger partial charge < -0.3 is 9.32 Å². The van der Waals surface area contributed by atoms with E-state index in [0.29, 0.717) is 13.0 Å². The lowest BCUT2D eigenvalue weighted by molar-refractivity contribution is -0.116. The molecular formula is C22H19NO2. The van der Waals surface area contributed by atoms with Gasteiger partial charge in [0.25, 0.3) is 0 Å². The molecule has 0 radical (unpaired) electrons. The van der Waals surface area contributed by atoms with Crippen molar-refractivity contribution < 1.29 is 9.21 Å².